The summed E-state index contributed by atoms with van der Waals surface area (Å²) in [6, 6.07) is 7.84. The number of aromatic nitrogens is 2. The van der Waals surface area contributed by atoms with Crippen LogP contribution in [-0.2, 0) is 0 Å². The fourth-order valence-electron chi connectivity index (χ4n) is 1.78. The van der Waals surface area contributed by atoms with Gasteiger partial charge in [0.1, 0.15) is 0 Å². The largest absolute Gasteiger partial charge is 0.446 e. The SMILES string of the molecule is Cc1cccn2c(-c3ccc(Br)o3)ncc12. The third-order valence-corrected chi connectivity index (χ3v) is 3.00. The van der Waals surface area contributed by atoms with Crippen LogP contribution in [0.3, 0.4) is 0 Å². The molecule has 16 heavy (non-hydrogen) atoms. The number of halogens is 1. The summed E-state index contributed by atoms with van der Waals surface area (Å²) in [6.45, 7) is 2.07. The van der Waals surface area contributed by atoms with Gasteiger partial charge in [-0.05, 0) is 46.6 Å². The Balaban J connectivity index is 2.29. The average molecular weight is 277 g/mol. The molecule has 0 atom stereocenters. The molecule has 0 amide bonds. The molecule has 80 valence electrons. The van der Waals surface area contributed by atoms with E-state index in [1.165, 1.54) is 5.56 Å². The second-order valence-corrected chi connectivity index (χ2v) is 4.41. The first-order chi connectivity index (χ1) is 7.75. The minimum atomic E-state index is 0.715. The van der Waals surface area contributed by atoms with E-state index in [1.54, 1.807) is 0 Å². The molecule has 0 fully saturated rings. The summed E-state index contributed by atoms with van der Waals surface area (Å²) in [4.78, 5) is 4.39. The molecule has 3 aromatic rings. The highest BCUT2D eigenvalue weighted by molar-refractivity contribution is 9.10. The first kappa shape index (κ1) is 9.66. The summed E-state index contributed by atoms with van der Waals surface area (Å²) in [5, 5.41) is 0. The van der Waals surface area contributed by atoms with E-state index in [-0.39, 0.29) is 0 Å². The Morgan fingerprint density at radius 3 is 2.94 bits per heavy atom. The van der Waals surface area contributed by atoms with Crippen molar-refractivity contribution in [2.24, 2.45) is 0 Å². The summed E-state index contributed by atoms with van der Waals surface area (Å²) >= 11 is 3.29. The molecule has 0 N–H and O–H groups in total. The maximum absolute atomic E-state index is 5.51. The topological polar surface area (TPSA) is 30.4 Å². The molecule has 0 saturated heterocycles. The normalized spacial score (nSPS) is 11.1. The van der Waals surface area contributed by atoms with Gasteiger partial charge in [-0.25, -0.2) is 4.98 Å². The number of aryl methyl sites for hydroxylation is 1. The zero-order valence-electron chi connectivity index (χ0n) is 8.64. The van der Waals surface area contributed by atoms with E-state index >= 15 is 0 Å². The Morgan fingerprint density at radius 1 is 1.31 bits per heavy atom. The third-order valence-electron chi connectivity index (χ3n) is 2.58. The average Bonchev–Trinajstić information content (AvgIpc) is 2.84. The number of hydrogen-bond donors (Lipinski definition) is 0. The fourth-order valence-corrected chi connectivity index (χ4v) is 2.09. The lowest BCUT2D eigenvalue weighted by Crippen LogP contribution is -1.88. The molecule has 0 aliphatic heterocycles. The van der Waals surface area contributed by atoms with Crippen LogP contribution in [0.5, 0.6) is 0 Å². The molecule has 3 heterocycles. The van der Waals surface area contributed by atoms with Crippen LogP contribution >= 0.6 is 15.9 Å². The number of nitrogens with zero attached hydrogens (tertiary/aromatic N) is 2. The van der Waals surface area contributed by atoms with E-state index in [9.17, 15) is 0 Å². The van der Waals surface area contributed by atoms with Crippen LogP contribution in [0.1, 0.15) is 5.56 Å². The Bertz CT molecular complexity index is 654. The number of fused-ring (bicyclic) bond motifs is 1. The first-order valence-electron chi connectivity index (χ1n) is 4.94. The fraction of sp³-hybridized carbons (Fsp3) is 0.0833. The highest BCUT2D eigenvalue weighted by Crippen LogP contribution is 2.25. The van der Waals surface area contributed by atoms with Gasteiger partial charge in [-0.3, -0.25) is 4.40 Å². The minimum absolute atomic E-state index is 0.715. The maximum Gasteiger partial charge on any atom is 0.180 e. The van der Waals surface area contributed by atoms with E-state index in [4.69, 9.17) is 4.42 Å². The summed E-state index contributed by atoms with van der Waals surface area (Å²) in [6.07, 6.45) is 3.85. The number of pyridine rings is 1. The van der Waals surface area contributed by atoms with Gasteiger partial charge in [-0.15, -0.1) is 0 Å². The van der Waals surface area contributed by atoms with Crippen LogP contribution in [-0.4, -0.2) is 9.38 Å². The van der Waals surface area contributed by atoms with Crippen LogP contribution in [0.15, 0.2) is 45.7 Å². The summed E-state index contributed by atoms with van der Waals surface area (Å²) in [5.74, 6) is 1.59. The van der Waals surface area contributed by atoms with Crippen molar-refractivity contribution < 1.29 is 4.42 Å². The number of hydrogen-bond acceptors (Lipinski definition) is 2. The molecule has 3 rings (SSSR count). The first-order valence-corrected chi connectivity index (χ1v) is 5.73. The molecule has 0 saturated carbocycles. The van der Waals surface area contributed by atoms with Gasteiger partial charge in [0.25, 0.3) is 0 Å². The molecule has 0 spiro atoms. The summed E-state index contributed by atoms with van der Waals surface area (Å²) in [7, 11) is 0. The molecule has 0 aromatic carbocycles. The summed E-state index contributed by atoms with van der Waals surface area (Å²) in [5.41, 5.74) is 2.30. The van der Waals surface area contributed by atoms with Gasteiger partial charge < -0.3 is 4.42 Å². The van der Waals surface area contributed by atoms with Gasteiger partial charge in [-0.1, -0.05) is 6.07 Å². The van der Waals surface area contributed by atoms with Gasteiger partial charge in [-0.2, -0.15) is 0 Å². The highest BCUT2D eigenvalue weighted by atomic mass is 79.9. The van der Waals surface area contributed by atoms with Crippen LogP contribution < -0.4 is 0 Å². The van der Waals surface area contributed by atoms with Crippen molar-refractivity contribution in [3.63, 3.8) is 0 Å². The molecule has 0 radical (unpaired) electrons. The van der Waals surface area contributed by atoms with Crippen molar-refractivity contribution in [1.29, 1.82) is 0 Å². The van der Waals surface area contributed by atoms with Gasteiger partial charge >= 0.3 is 0 Å². The molecular formula is C12H9BrN2O. The van der Waals surface area contributed by atoms with Crippen molar-refractivity contribution in [3.05, 3.63) is 46.9 Å². The van der Waals surface area contributed by atoms with E-state index in [1.807, 2.05) is 35.0 Å². The number of rotatable bonds is 1. The van der Waals surface area contributed by atoms with Gasteiger partial charge in [0, 0.05) is 6.20 Å². The van der Waals surface area contributed by atoms with Crippen molar-refractivity contribution in [2.45, 2.75) is 6.92 Å². The van der Waals surface area contributed by atoms with E-state index in [2.05, 4.69) is 33.9 Å². The molecule has 4 heteroatoms. The van der Waals surface area contributed by atoms with Crippen LogP contribution in [0.25, 0.3) is 17.1 Å². The molecule has 3 nitrogen and oxygen atoms in total. The lowest BCUT2D eigenvalue weighted by atomic mass is 10.2. The maximum atomic E-state index is 5.51. The quantitative estimate of drug-likeness (QED) is 0.679. The van der Waals surface area contributed by atoms with Gasteiger partial charge in [0.2, 0.25) is 0 Å². The second-order valence-electron chi connectivity index (χ2n) is 3.63. The Labute approximate surface area is 101 Å². The van der Waals surface area contributed by atoms with Crippen molar-refractivity contribution >= 4 is 21.4 Å². The highest BCUT2D eigenvalue weighted by Gasteiger charge is 2.10. The number of furan rings is 1. The Morgan fingerprint density at radius 2 is 2.19 bits per heavy atom. The monoisotopic (exact) mass is 276 g/mol. The Kier molecular flexibility index (Phi) is 2.11. The van der Waals surface area contributed by atoms with Crippen LogP contribution in [0, 0.1) is 6.92 Å². The van der Waals surface area contributed by atoms with Crippen LogP contribution in [0.4, 0.5) is 0 Å². The standard InChI is InChI=1S/C12H9BrN2O/c1-8-3-2-6-15-9(8)7-14-12(15)10-4-5-11(13)16-10/h2-7H,1H3. The lowest BCUT2D eigenvalue weighted by Gasteiger charge is -1.99. The number of imidazole rings is 1. The molecule has 0 unspecified atom stereocenters. The van der Waals surface area contributed by atoms with E-state index in [0.717, 1.165) is 17.1 Å². The molecular weight excluding hydrogens is 268 g/mol. The predicted molar refractivity (Wildman–Crippen MR) is 65.3 cm³/mol. The zero-order valence-corrected chi connectivity index (χ0v) is 10.2. The van der Waals surface area contributed by atoms with Crippen molar-refractivity contribution in [1.82, 2.24) is 9.38 Å². The van der Waals surface area contributed by atoms with Gasteiger partial charge in [0.05, 0.1) is 11.7 Å². The second kappa shape index (κ2) is 3.49. The van der Waals surface area contributed by atoms with E-state index in [0.29, 0.717) is 4.67 Å². The molecule has 0 bridgehead atoms. The predicted octanol–water partition coefficient (Wildman–Crippen LogP) is 3.67. The van der Waals surface area contributed by atoms with Crippen molar-refractivity contribution in [2.75, 3.05) is 0 Å². The lowest BCUT2D eigenvalue weighted by molar-refractivity contribution is 0.551. The molecule has 0 aliphatic rings. The third kappa shape index (κ3) is 1.38. The van der Waals surface area contributed by atoms with E-state index < -0.39 is 0 Å². The smallest absolute Gasteiger partial charge is 0.180 e. The van der Waals surface area contributed by atoms with Gasteiger partial charge in [0.15, 0.2) is 16.3 Å². The molecule has 0 aliphatic carbocycles. The summed E-state index contributed by atoms with van der Waals surface area (Å²) < 4.78 is 8.25. The molecule has 3 aromatic heterocycles. The van der Waals surface area contributed by atoms with Crippen LogP contribution in [0.2, 0.25) is 0 Å². The zero-order chi connectivity index (χ0) is 11.1. The minimum Gasteiger partial charge on any atom is -0.446 e. The van der Waals surface area contributed by atoms with Crippen molar-refractivity contribution in [3.8, 4) is 11.6 Å². The Hall–Kier alpha value is -1.55.